The first kappa shape index (κ1) is 15.1. The molecule has 0 amide bonds. The zero-order chi connectivity index (χ0) is 14.0. The number of sulfone groups is 1. The number of hydrogen-bond acceptors (Lipinski definition) is 6. The number of hydrogen-bond donors (Lipinski definition) is 0. The molecule has 0 N–H and O–H groups in total. The maximum Gasteiger partial charge on any atom is 0.399 e. The summed E-state index contributed by atoms with van der Waals surface area (Å²) in [6.07, 6.45) is 1.08. The molecule has 0 saturated carbocycles. The fraction of sp³-hybridized carbons (Fsp3) is 0.400. The summed E-state index contributed by atoms with van der Waals surface area (Å²) in [4.78, 5) is 0.113. The molecule has 0 heterocycles. The molecule has 1 rings (SSSR count). The van der Waals surface area contributed by atoms with Crippen LogP contribution in [0.2, 0.25) is 0 Å². The Labute approximate surface area is 107 Å². The molecule has 0 fully saturated rings. The van der Waals surface area contributed by atoms with Crippen molar-refractivity contribution >= 4 is 20.2 Å². The minimum absolute atomic E-state index is 0.113. The van der Waals surface area contributed by atoms with E-state index in [0.29, 0.717) is 5.56 Å². The first-order valence-corrected chi connectivity index (χ1v) is 8.13. The molecule has 0 atom stereocenters. The van der Waals surface area contributed by atoms with Gasteiger partial charge in [0.05, 0.1) is 18.6 Å². The van der Waals surface area contributed by atoms with Crippen molar-refractivity contribution in [3.8, 4) is 0 Å². The molecule has 0 aliphatic rings. The highest BCUT2D eigenvalue weighted by Crippen LogP contribution is 2.17. The van der Waals surface area contributed by atoms with Crippen LogP contribution in [0.1, 0.15) is 11.1 Å². The highest BCUT2D eigenvalue weighted by atomic mass is 32.3. The highest BCUT2D eigenvalue weighted by Gasteiger charge is 2.13. The summed E-state index contributed by atoms with van der Waals surface area (Å²) >= 11 is 0. The number of benzene rings is 1. The third-order valence-electron chi connectivity index (χ3n) is 2.31. The van der Waals surface area contributed by atoms with Crippen molar-refractivity contribution in [3.63, 3.8) is 0 Å². The van der Waals surface area contributed by atoms with Crippen LogP contribution in [0.15, 0.2) is 23.1 Å². The van der Waals surface area contributed by atoms with Gasteiger partial charge >= 0.3 is 10.4 Å². The Balaban J connectivity index is 3.03. The standard InChI is InChI=1S/C10H14O6S2/c1-8-4-5-10(17(3,11)12)6-9(8)7-16-18(13,14)15-2/h4-6H,7H2,1-3H3. The molecular weight excluding hydrogens is 280 g/mol. The Morgan fingerprint density at radius 3 is 2.28 bits per heavy atom. The molecule has 0 unspecified atom stereocenters. The molecule has 1 aromatic carbocycles. The zero-order valence-corrected chi connectivity index (χ0v) is 11.8. The molecule has 0 aliphatic carbocycles. The second kappa shape index (κ2) is 5.35. The molecule has 0 aliphatic heterocycles. The highest BCUT2D eigenvalue weighted by molar-refractivity contribution is 7.90. The molecule has 0 saturated heterocycles. The van der Waals surface area contributed by atoms with Crippen molar-refractivity contribution < 1.29 is 25.2 Å². The van der Waals surface area contributed by atoms with Crippen LogP contribution in [0.3, 0.4) is 0 Å². The predicted octanol–water partition coefficient (Wildman–Crippen LogP) is 0.806. The first-order chi connectivity index (χ1) is 8.15. The van der Waals surface area contributed by atoms with Gasteiger partial charge in [0.2, 0.25) is 0 Å². The molecule has 0 aromatic heterocycles. The van der Waals surface area contributed by atoms with Crippen LogP contribution < -0.4 is 0 Å². The average Bonchev–Trinajstić information content (AvgIpc) is 2.26. The minimum Gasteiger partial charge on any atom is -0.252 e. The van der Waals surface area contributed by atoms with Crippen molar-refractivity contribution in [1.82, 2.24) is 0 Å². The van der Waals surface area contributed by atoms with E-state index < -0.39 is 20.2 Å². The van der Waals surface area contributed by atoms with Crippen LogP contribution in [0.5, 0.6) is 0 Å². The van der Waals surface area contributed by atoms with E-state index in [4.69, 9.17) is 0 Å². The third-order valence-corrected chi connectivity index (χ3v) is 4.24. The lowest BCUT2D eigenvalue weighted by Crippen LogP contribution is -2.08. The fourth-order valence-electron chi connectivity index (χ4n) is 1.22. The second-order valence-electron chi connectivity index (χ2n) is 3.70. The largest absolute Gasteiger partial charge is 0.399 e. The predicted molar refractivity (Wildman–Crippen MR) is 65.0 cm³/mol. The summed E-state index contributed by atoms with van der Waals surface area (Å²) in [5.74, 6) is 0. The van der Waals surface area contributed by atoms with Gasteiger partial charge in [0, 0.05) is 6.26 Å². The van der Waals surface area contributed by atoms with Crippen molar-refractivity contribution in [2.24, 2.45) is 0 Å². The minimum atomic E-state index is -4.03. The summed E-state index contributed by atoms with van der Waals surface area (Å²) in [5, 5.41) is 0. The van der Waals surface area contributed by atoms with Crippen molar-refractivity contribution in [2.45, 2.75) is 18.4 Å². The quantitative estimate of drug-likeness (QED) is 0.798. The summed E-state index contributed by atoms with van der Waals surface area (Å²) in [5.41, 5.74) is 1.20. The Morgan fingerprint density at radius 1 is 1.17 bits per heavy atom. The summed E-state index contributed by atoms with van der Waals surface area (Å²) < 4.78 is 53.4. The lowest BCUT2D eigenvalue weighted by atomic mass is 10.1. The molecule has 102 valence electrons. The van der Waals surface area contributed by atoms with E-state index in [1.807, 2.05) is 0 Å². The van der Waals surface area contributed by atoms with Gasteiger partial charge in [-0.3, -0.25) is 4.18 Å². The van der Waals surface area contributed by atoms with E-state index in [1.54, 1.807) is 13.0 Å². The van der Waals surface area contributed by atoms with Gasteiger partial charge in [0.15, 0.2) is 9.84 Å². The van der Waals surface area contributed by atoms with Crippen molar-refractivity contribution in [1.29, 1.82) is 0 Å². The smallest absolute Gasteiger partial charge is 0.252 e. The Bertz CT molecular complexity index is 630. The molecule has 0 radical (unpaired) electrons. The van der Waals surface area contributed by atoms with Crippen LogP contribution in [0, 0.1) is 6.92 Å². The molecular formula is C10H14O6S2. The van der Waals surface area contributed by atoms with Crippen LogP contribution >= 0.6 is 0 Å². The zero-order valence-electron chi connectivity index (χ0n) is 10.2. The Hall–Kier alpha value is -0.960. The van der Waals surface area contributed by atoms with E-state index >= 15 is 0 Å². The Morgan fingerprint density at radius 2 is 1.78 bits per heavy atom. The number of aryl methyl sites for hydroxylation is 1. The van der Waals surface area contributed by atoms with Gasteiger partial charge in [0.25, 0.3) is 0 Å². The van der Waals surface area contributed by atoms with Crippen LogP contribution in [0.4, 0.5) is 0 Å². The van der Waals surface area contributed by atoms with E-state index in [0.717, 1.165) is 18.9 Å². The summed E-state index contributed by atoms with van der Waals surface area (Å²) in [6.45, 7) is 1.45. The van der Waals surface area contributed by atoms with Gasteiger partial charge in [-0.15, -0.1) is 0 Å². The molecule has 18 heavy (non-hydrogen) atoms. The molecule has 0 spiro atoms. The van der Waals surface area contributed by atoms with Crippen molar-refractivity contribution in [2.75, 3.05) is 13.4 Å². The maximum atomic E-state index is 11.4. The first-order valence-electron chi connectivity index (χ1n) is 4.90. The van der Waals surface area contributed by atoms with Crippen LogP contribution in [-0.2, 0) is 35.2 Å². The fourth-order valence-corrected chi connectivity index (χ4v) is 2.26. The average molecular weight is 294 g/mol. The van der Waals surface area contributed by atoms with E-state index in [-0.39, 0.29) is 11.5 Å². The molecule has 1 aromatic rings. The third kappa shape index (κ3) is 4.05. The second-order valence-corrected chi connectivity index (χ2v) is 7.10. The van der Waals surface area contributed by atoms with Crippen molar-refractivity contribution in [3.05, 3.63) is 29.3 Å². The summed E-state index contributed by atoms with van der Waals surface area (Å²) in [6, 6.07) is 4.43. The van der Waals surface area contributed by atoms with Gasteiger partial charge < -0.3 is 0 Å². The maximum absolute atomic E-state index is 11.4. The van der Waals surface area contributed by atoms with Crippen LogP contribution in [0.25, 0.3) is 0 Å². The van der Waals surface area contributed by atoms with E-state index in [2.05, 4.69) is 8.37 Å². The Kier molecular flexibility index (Phi) is 4.49. The van der Waals surface area contributed by atoms with Gasteiger partial charge in [-0.2, -0.15) is 8.42 Å². The van der Waals surface area contributed by atoms with Gasteiger partial charge in [-0.05, 0) is 30.2 Å². The lowest BCUT2D eigenvalue weighted by Gasteiger charge is -2.08. The topological polar surface area (TPSA) is 86.7 Å². The molecule has 8 heteroatoms. The van der Waals surface area contributed by atoms with Crippen LogP contribution in [-0.4, -0.2) is 30.2 Å². The summed E-state index contributed by atoms with van der Waals surface area (Å²) in [7, 11) is -6.39. The monoisotopic (exact) mass is 294 g/mol. The van der Waals surface area contributed by atoms with Gasteiger partial charge in [-0.1, -0.05) is 6.07 Å². The van der Waals surface area contributed by atoms with Gasteiger partial charge in [-0.25, -0.2) is 12.6 Å². The SMILES string of the molecule is COS(=O)(=O)OCc1cc(S(C)(=O)=O)ccc1C. The van der Waals surface area contributed by atoms with Gasteiger partial charge in [0.1, 0.15) is 0 Å². The number of rotatable bonds is 5. The lowest BCUT2D eigenvalue weighted by molar-refractivity contribution is 0.235. The van der Waals surface area contributed by atoms with E-state index in [9.17, 15) is 16.8 Å². The normalized spacial score (nSPS) is 12.6. The molecule has 6 nitrogen and oxygen atoms in total. The van der Waals surface area contributed by atoms with E-state index in [1.165, 1.54) is 12.1 Å². The molecule has 0 bridgehead atoms.